The van der Waals surface area contributed by atoms with Gasteiger partial charge < -0.3 is 19.7 Å². The van der Waals surface area contributed by atoms with Crippen molar-refractivity contribution in [3.05, 3.63) is 45.8 Å². The minimum atomic E-state index is -0.490. The molecule has 2 aromatic rings. The first-order chi connectivity index (χ1) is 13.9. The van der Waals surface area contributed by atoms with E-state index in [1.165, 1.54) is 37.3 Å². The zero-order valence-corrected chi connectivity index (χ0v) is 18.1. The average Bonchev–Trinajstić information content (AvgIpc) is 3.08. The zero-order chi connectivity index (χ0) is 21.0. The quantitative estimate of drug-likeness (QED) is 0.571. The van der Waals surface area contributed by atoms with Crippen molar-refractivity contribution in [2.45, 2.75) is 24.8 Å². The molecule has 7 nitrogen and oxygen atoms in total. The number of methoxy groups -OCH3 is 2. The number of benzene rings is 1. The molecule has 1 aliphatic rings. The minimum absolute atomic E-state index is 0.204. The summed E-state index contributed by atoms with van der Waals surface area (Å²) in [5, 5.41) is 3.31. The summed E-state index contributed by atoms with van der Waals surface area (Å²) in [5.74, 6) is -0.472. The monoisotopic (exact) mass is 434 g/mol. The Kier molecular flexibility index (Phi) is 6.81. The number of hydrogen-bond acceptors (Lipinski definition) is 7. The Labute approximate surface area is 177 Å². The Morgan fingerprint density at radius 2 is 1.90 bits per heavy atom. The number of fused-ring (bicyclic) bond motifs is 1. The number of thiophene rings is 1. The van der Waals surface area contributed by atoms with Gasteiger partial charge in [-0.25, -0.2) is 9.59 Å². The maximum absolute atomic E-state index is 12.5. The van der Waals surface area contributed by atoms with E-state index in [1.54, 1.807) is 4.90 Å². The molecular formula is C20H22N2O5S2. The van der Waals surface area contributed by atoms with Gasteiger partial charge in [-0.2, -0.15) is 0 Å². The predicted molar refractivity (Wildman–Crippen MR) is 113 cm³/mol. The van der Waals surface area contributed by atoms with Gasteiger partial charge in [-0.3, -0.25) is 4.79 Å². The molecule has 0 saturated carbocycles. The molecule has 0 radical (unpaired) electrons. The third-order valence-corrected chi connectivity index (χ3v) is 6.67. The molecule has 2 amide bonds. The lowest BCUT2D eigenvalue weighted by atomic mass is 10.0. The van der Waals surface area contributed by atoms with Crippen LogP contribution in [0.25, 0.3) is 0 Å². The van der Waals surface area contributed by atoms with Crippen molar-refractivity contribution in [3.63, 3.8) is 0 Å². The average molecular weight is 435 g/mol. The van der Waals surface area contributed by atoms with Crippen LogP contribution in [0.5, 0.6) is 0 Å². The number of esters is 1. The van der Waals surface area contributed by atoms with Gasteiger partial charge in [-0.15, -0.1) is 23.1 Å². The third-order valence-electron chi connectivity index (χ3n) is 4.52. The number of carbonyl (C=O) groups excluding carboxylic acids is 3. The maximum atomic E-state index is 12.5. The molecular weight excluding hydrogens is 412 g/mol. The lowest BCUT2D eigenvalue weighted by molar-refractivity contribution is -0.113. The topological polar surface area (TPSA) is 84.9 Å². The lowest BCUT2D eigenvalue weighted by Gasteiger charge is -2.25. The molecule has 1 aromatic carbocycles. The molecule has 9 heteroatoms. The van der Waals surface area contributed by atoms with Crippen LogP contribution in [-0.2, 0) is 27.2 Å². The maximum Gasteiger partial charge on any atom is 0.409 e. The number of nitrogens with one attached hydrogen (secondary N) is 1. The van der Waals surface area contributed by atoms with Crippen molar-refractivity contribution in [2.24, 2.45) is 0 Å². The van der Waals surface area contributed by atoms with Gasteiger partial charge in [0, 0.05) is 16.3 Å². The molecule has 0 aliphatic carbocycles. The van der Waals surface area contributed by atoms with Crippen LogP contribution in [0.4, 0.5) is 9.80 Å². The van der Waals surface area contributed by atoms with Gasteiger partial charge in [0.2, 0.25) is 5.91 Å². The second kappa shape index (κ2) is 9.32. The normalized spacial score (nSPS) is 12.9. The molecule has 0 spiro atoms. The van der Waals surface area contributed by atoms with Crippen molar-refractivity contribution in [3.8, 4) is 0 Å². The first-order valence-corrected chi connectivity index (χ1v) is 10.8. The zero-order valence-electron chi connectivity index (χ0n) is 16.4. The molecule has 0 unspecified atom stereocenters. The van der Waals surface area contributed by atoms with Crippen LogP contribution in [0.3, 0.4) is 0 Å². The summed E-state index contributed by atoms with van der Waals surface area (Å²) in [5.41, 5.74) is 2.36. The van der Waals surface area contributed by atoms with E-state index in [0.717, 1.165) is 20.9 Å². The van der Waals surface area contributed by atoms with Crippen molar-refractivity contribution in [1.82, 2.24) is 4.90 Å². The van der Waals surface area contributed by atoms with Crippen LogP contribution >= 0.6 is 23.1 Å². The van der Waals surface area contributed by atoms with Crippen LogP contribution in [0, 0.1) is 6.92 Å². The number of nitrogens with zero attached hydrogens (tertiary/aromatic N) is 1. The van der Waals surface area contributed by atoms with Gasteiger partial charge in [-0.1, -0.05) is 17.7 Å². The summed E-state index contributed by atoms with van der Waals surface area (Å²) in [6.45, 7) is 2.79. The standard InChI is InChI=1S/C20H22N2O5S2/c1-12-4-6-13(7-5-12)28-11-16(23)21-18-17(19(24)26-2)14-8-9-22(20(25)27-3)10-15(14)29-18/h4-7H,8-11H2,1-3H3,(H,21,23). The number of hydrogen-bond donors (Lipinski definition) is 1. The fourth-order valence-corrected chi connectivity index (χ4v) is 5.01. The van der Waals surface area contributed by atoms with Crippen molar-refractivity contribution in [1.29, 1.82) is 0 Å². The molecule has 154 valence electrons. The predicted octanol–water partition coefficient (Wildman–Crippen LogP) is 3.70. The highest BCUT2D eigenvalue weighted by atomic mass is 32.2. The van der Waals surface area contributed by atoms with E-state index < -0.39 is 12.1 Å². The Hall–Kier alpha value is -2.52. The summed E-state index contributed by atoms with van der Waals surface area (Å²) in [7, 11) is 2.65. The molecule has 0 saturated heterocycles. The molecule has 1 N–H and O–H groups in total. The SMILES string of the molecule is COC(=O)c1c(NC(=O)CSc2ccc(C)cc2)sc2c1CCN(C(=O)OC)C2. The van der Waals surface area contributed by atoms with Gasteiger partial charge in [0.1, 0.15) is 5.00 Å². The van der Waals surface area contributed by atoms with E-state index in [0.29, 0.717) is 30.1 Å². The number of ether oxygens (including phenoxy) is 2. The van der Waals surface area contributed by atoms with E-state index in [4.69, 9.17) is 9.47 Å². The van der Waals surface area contributed by atoms with Gasteiger partial charge in [0.05, 0.1) is 32.1 Å². The molecule has 0 atom stereocenters. The molecule has 29 heavy (non-hydrogen) atoms. The number of amides is 2. The van der Waals surface area contributed by atoms with Gasteiger partial charge in [0.25, 0.3) is 0 Å². The fraction of sp³-hybridized carbons (Fsp3) is 0.350. The summed E-state index contributed by atoms with van der Waals surface area (Å²) in [4.78, 5) is 40.1. The van der Waals surface area contributed by atoms with E-state index >= 15 is 0 Å². The Morgan fingerprint density at radius 1 is 1.17 bits per heavy atom. The van der Waals surface area contributed by atoms with Crippen LogP contribution < -0.4 is 5.32 Å². The smallest absolute Gasteiger partial charge is 0.409 e. The summed E-state index contributed by atoms with van der Waals surface area (Å²) in [6.07, 6.45) is 0.0862. The minimum Gasteiger partial charge on any atom is -0.465 e. The highest BCUT2D eigenvalue weighted by Gasteiger charge is 2.31. The molecule has 0 fully saturated rings. The molecule has 1 aliphatic heterocycles. The fourth-order valence-electron chi connectivity index (χ4n) is 3.04. The van der Waals surface area contributed by atoms with E-state index in [-0.39, 0.29) is 11.7 Å². The van der Waals surface area contributed by atoms with Crippen LogP contribution in [0.1, 0.15) is 26.4 Å². The van der Waals surface area contributed by atoms with Gasteiger partial charge in [-0.05, 0) is 31.0 Å². The van der Waals surface area contributed by atoms with E-state index in [2.05, 4.69) is 5.32 Å². The van der Waals surface area contributed by atoms with Crippen molar-refractivity contribution < 1.29 is 23.9 Å². The van der Waals surface area contributed by atoms with Crippen LogP contribution in [0.15, 0.2) is 29.2 Å². The van der Waals surface area contributed by atoms with Gasteiger partial charge in [0.15, 0.2) is 0 Å². The van der Waals surface area contributed by atoms with E-state index in [1.807, 2.05) is 31.2 Å². The Morgan fingerprint density at radius 3 is 2.55 bits per heavy atom. The molecule has 1 aromatic heterocycles. The molecule has 2 heterocycles. The van der Waals surface area contributed by atoms with Gasteiger partial charge >= 0.3 is 12.1 Å². The lowest BCUT2D eigenvalue weighted by Crippen LogP contribution is -2.35. The third kappa shape index (κ3) is 4.91. The first kappa shape index (κ1) is 21.2. The highest BCUT2D eigenvalue weighted by molar-refractivity contribution is 8.00. The number of rotatable bonds is 5. The van der Waals surface area contributed by atoms with E-state index in [9.17, 15) is 14.4 Å². The largest absolute Gasteiger partial charge is 0.465 e. The Bertz CT molecular complexity index is 924. The molecule has 3 rings (SSSR count). The van der Waals surface area contributed by atoms with Crippen LogP contribution in [0.2, 0.25) is 0 Å². The summed E-state index contributed by atoms with van der Waals surface area (Å²) in [6, 6.07) is 7.93. The summed E-state index contributed by atoms with van der Waals surface area (Å²) < 4.78 is 9.71. The number of thioether (sulfide) groups is 1. The van der Waals surface area contributed by atoms with Crippen molar-refractivity contribution in [2.75, 3.05) is 31.8 Å². The van der Waals surface area contributed by atoms with Crippen LogP contribution in [-0.4, -0.2) is 49.4 Å². The van der Waals surface area contributed by atoms with Crippen molar-refractivity contribution >= 4 is 46.1 Å². The number of anilines is 1. The number of carbonyl (C=O) groups is 3. The first-order valence-electron chi connectivity index (χ1n) is 8.98. The highest BCUT2D eigenvalue weighted by Crippen LogP contribution is 2.38. The second-order valence-electron chi connectivity index (χ2n) is 6.49. The Balaban J connectivity index is 1.75. The second-order valence-corrected chi connectivity index (χ2v) is 8.64. The summed E-state index contributed by atoms with van der Waals surface area (Å²) >= 11 is 2.72. The molecule has 0 bridgehead atoms. The number of aryl methyl sites for hydroxylation is 1.